The summed E-state index contributed by atoms with van der Waals surface area (Å²) in [6.07, 6.45) is 2.72. The molecule has 1 aliphatic rings. The van der Waals surface area contributed by atoms with Crippen LogP contribution in [0.3, 0.4) is 0 Å². The first-order chi connectivity index (χ1) is 16.0. The lowest BCUT2D eigenvalue weighted by atomic mass is 9.99. The number of likely N-dealkylation sites (tertiary alicyclic amines) is 1. The normalized spacial score (nSPS) is 17.8. The number of nitrogens with zero attached hydrogens (tertiary/aromatic N) is 2. The number of aliphatic hydroxyl groups is 1. The molecule has 1 aromatic heterocycles. The van der Waals surface area contributed by atoms with E-state index >= 15 is 0 Å². The third-order valence-corrected chi connectivity index (χ3v) is 6.92. The Kier molecular flexibility index (Phi) is 9.09. The third kappa shape index (κ3) is 5.84. The molecule has 1 N–H and O–H groups in total. The van der Waals surface area contributed by atoms with Crippen LogP contribution >= 0.6 is 11.3 Å². The molecule has 0 spiro atoms. The van der Waals surface area contributed by atoms with Crippen molar-refractivity contribution in [2.45, 2.75) is 46.1 Å². The molecule has 7 heteroatoms. The topological polar surface area (TPSA) is 70.1 Å². The maximum atomic E-state index is 13.1. The molecule has 0 aliphatic carbocycles. The second-order valence-electron chi connectivity index (χ2n) is 8.12. The summed E-state index contributed by atoms with van der Waals surface area (Å²) in [6.45, 7) is 10.1. The maximum absolute atomic E-state index is 13.1. The van der Waals surface area contributed by atoms with Crippen LogP contribution in [0.4, 0.5) is 0 Å². The average Bonchev–Trinajstić information content (AvgIpc) is 3.44. The van der Waals surface area contributed by atoms with Crippen LogP contribution in [-0.4, -0.2) is 59.4 Å². The highest BCUT2D eigenvalue weighted by Gasteiger charge is 2.46. The molecule has 1 atom stereocenters. The predicted molar refractivity (Wildman–Crippen MR) is 133 cm³/mol. The van der Waals surface area contributed by atoms with Crippen LogP contribution in [0.15, 0.2) is 47.4 Å². The van der Waals surface area contributed by atoms with Crippen LogP contribution in [-0.2, 0) is 9.59 Å². The van der Waals surface area contributed by atoms with Crippen molar-refractivity contribution in [3.8, 4) is 5.75 Å². The highest BCUT2D eigenvalue weighted by molar-refractivity contribution is 7.10. The van der Waals surface area contributed by atoms with Gasteiger partial charge in [0.1, 0.15) is 11.5 Å². The number of benzene rings is 1. The van der Waals surface area contributed by atoms with E-state index in [1.807, 2.05) is 23.6 Å². The van der Waals surface area contributed by atoms with Crippen molar-refractivity contribution in [3.63, 3.8) is 0 Å². The first kappa shape index (κ1) is 25.0. The predicted octanol–water partition coefficient (Wildman–Crippen LogP) is 5.08. The molecule has 3 rings (SSSR count). The Labute approximate surface area is 200 Å². The molecule has 1 aliphatic heterocycles. The summed E-state index contributed by atoms with van der Waals surface area (Å²) in [4.78, 5) is 30.9. The molecule has 2 aromatic rings. The van der Waals surface area contributed by atoms with Crippen molar-refractivity contribution >= 4 is 28.8 Å². The molecule has 6 nitrogen and oxygen atoms in total. The van der Waals surface area contributed by atoms with Crippen LogP contribution in [0.1, 0.15) is 56.5 Å². The van der Waals surface area contributed by atoms with Crippen LogP contribution in [0.5, 0.6) is 5.75 Å². The minimum Gasteiger partial charge on any atom is -0.507 e. The highest BCUT2D eigenvalue weighted by Crippen LogP contribution is 2.41. The maximum Gasteiger partial charge on any atom is 0.295 e. The van der Waals surface area contributed by atoms with Gasteiger partial charge in [-0.25, -0.2) is 0 Å². The zero-order valence-corrected chi connectivity index (χ0v) is 20.6. The summed E-state index contributed by atoms with van der Waals surface area (Å²) in [5, 5.41) is 13.1. The fraction of sp³-hybridized carbons (Fsp3) is 0.462. The Morgan fingerprint density at radius 3 is 2.58 bits per heavy atom. The molecule has 1 fully saturated rings. The Bertz CT molecular complexity index is 966. The van der Waals surface area contributed by atoms with Crippen LogP contribution < -0.4 is 4.74 Å². The van der Waals surface area contributed by atoms with Gasteiger partial charge in [-0.3, -0.25) is 9.59 Å². The van der Waals surface area contributed by atoms with Crippen molar-refractivity contribution in [1.82, 2.24) is 9.80 Å². The summed E-state index contributed by atoms with van der Waals surface area (Å²) < 4.78 is 5.77. The number of rotatable bonds is 12. The van der Waals surface area contributed by atoms with Gasteiger partial charge in [-0.1, -0.05) is 45.4 Å². The molecule has 1 saturated heterocycles. The average molecular weight is 471 g/mol. The molecule has 2 heterocycles. The van der Waals surface area contributed by atoms with Crippen molar-refractivity contribution < 1.29 is 19.4 Å². The Morgan fingerprint density at radius 1 is 1.12 bits per heavy atom. The van der Waals surface area contributed by atoms with Gasteiger partial charge in [0.2, 0.25) is 0 Å². The molecule has 0 saturated carbocycles. The van der Waals surface area contributed by atoms with Crippen molar-refractivity contribution in [2.24, 2.45) is 0 Å². The number of hydrogen-bond donors (Lipinski definition) is 1. The molecule has 0 radical (unpaired) electrons. The molecule has 33 heavy (non-hydrogen) atoms. The summed E-state index contributed by atoms with van der Waals surface area (Å²) in [5.41, 5.74) is 0.627. The van der Waals surface area contributed by atoms with Gasteiger partial charge in [0, 0.05) is 17.0 Å². The number of amides is 1. The van der Waals surface area contributed by atoms with E-state index in [0.29, 0.717) is 24.5 Å². The number of Topliss-reactive ketones (excluding diaryl/α,β-unsaturated/α-hetero) is 1. The SMILES string of the molecule is CCCCOc1cccc(C(O)=C2C(=O)C(=O)N(CCCN(CC)CC)C2c2cccs2)c1. The van der Waals surface area contributed by atoms with Gasteiger partial charge in [-0.15, -0.1) is 11.3 Å². The number of hydrogen-bond acceptors (Lipinski definition) is 6. The largest absolute Gasteiger partial charge is 0.507 e. The summed E-state index contributed by atoms with van der Waals surface area (Å²) in [6, 6.07) is 10.3. The second kappa shape index (κ2) is 12.0. The second-order valence-corrected chi connectivity index (χ2v) is 9.10. The van der Waals surface area contributed by atoms with Gasteiger partial charge in [0.05, 0.1) is 18.2 Å². The van der Waals surface area contributed by atoms with Crippen LogP contribution in [0.2, 0.25) is 0 Å². The Morgan fingerprint density at radius 2 is 1.91 bits per heavy atom. The monoisotopic (exact) mass is 470 g/mol. The van der Waals surface area contributed by atoms with Gasteiger partial charge in [-0.05, 0) is 56.1 Å². The molecule has 1 aromatic carbocycles. The van der Waals surface area contributed by atoms with Crippen molar-refractivity contribution in [2.75, 3.05) is 32.8 Å². The molecular weight excluding hydrogens is 436 g/mol. The van der Waals surface area contributed by atoms with E-state index in [2.05, 4.69) is 25.7 Å². The first-order valence-electron chi connectivity index (χ1n) is 11.8. The van der Waals surface area contributed by atoms with E-state index in [-0.39, 0.29) is 11.3 Å². The number of carbonyl (C=O) groups excluding carboxylic acids is 2. The van der Waals surface area contributed by atoms with E-state index in [1.54, 1.807) is 23.1 Å². The van der Waals surface area contributed by atoms with E-state index < -0.39 is 17.7 Å². The fourth-order valence-corrected chi connectivity index (χ4v) is 4.93. The lowest BCUT2D eigenvalue weighted by Crippen LogP contribution is -2.33. The van der Waals surface area contributed by atoms with E-state index in [0.717, 1.165) is 43.8 Å². The highest BCUT2D eigenvalue weighted by atomic mass is 32.1. The minimum absolute atomic E-state index is 0.149. The number of aliphatic hydroxyl groups excluding tert-OH is 1. The fourth-order valence-electron chi connectivity index (χ4n) is 4.08. The molecule has 1 amide bonds. The standard InChI is InChI=1S/C26H34N2O4S/c1-4-7-16-32-20-12-8-11-19(18-20)24(29)22-23(21-13-9-17-33-21)28(26(31)25(22)30)15-10-14-27(5-2)6-3/h8-9,11-13,17-18,23,29H,4-7,10,14-16H2,1-3H3. The first-order valence-corrected chi connectivity index (χ1v) is 12.7. The third-order valence-electron chi connectivity index (χ3n) is 5.99. The number of ketones is 1. The van der Waals surface area contributed by atoms with Gasteiger partial charge < -0.3 is 19.6 Å². The van der Waals surface area contributed by atoms with E-state index in [1.165, 1.54) is 11.3 Å². The van der Waals surface area contributed by atoms with Gasteiger partial charge >= 0.3 is 0 Å². The number of carbonyl (C=O) groups is 2. The zero-order chi connectivity index (χ0) is 23.8. The van der Waals surface area contributed by atoms with Crippen LogP contribution in [0, 0.1) is 0 Å². The van der Waals surface area contributed by atoms with Gasteiger partial charge in [-0.2, -0.15) is 0 Å². The van der Waals surface area contributed by atoms with Gasteiger partial charge in [0.15, 0.2) is 0 Å². The number of unbranched alkanes of at least 4 members (excludes halogenated alkanes) is 1. The lowest BCUT2D eigenvalue weighted by molar-refractivity contribution is -0.139. The van der Waals surface area contributed by atoms with E-state index in [9.17, 15) is 14.7 Å². The minimum atomic E-state index is -0.633. The quantitative estimate of drug-likeness (QED) is 0.203. The molecule has 1 unspecified atom stereocenters. The van der Waals surface area contributed by atoms with Gasteiger partial charge in [0.25, 0.3) is 11.7 Å². The molecule has 0 bridgehead atoms. The zero-order valence-electron chi connectivity index (χ0n) is 19.8. The Balaban J connectivity index is 1.92. The summed E-state index contributed by atoms with van der Waals surface area (Å²) >= 11 is 1.48. The van der Waals surface area contributed by atoms with Crippen LogP contribution in [0.25, 0.3) is 5.76 Å². The molecule has 178 valence electrons. The molecular formula is C26H34N2O4S. The number of thiophene rings is 1. The number of ether oxygens (including phenoxy) is 1. The Hall–Kier alpha value is -2.64. The smallest absolute Gasteiger partial charge is 0.295 e. The lowest BCUT2D eigenvalue weighted by Gasteiger charge is -2.25. The van der Waals surface area contributed by atoms with E-state index in [4.69, 9.17) is 4.74 Å². The van der Waals surface area contributed by atoms with Crippen molar-refractivity contribution in [3.05, 3.63) is 57.8 Å². The van der Waals surface area contributed by atoms with Crippen molar-refractivity contribution in [1.29, 1.82) is 0 Å². The summed E-state index contributed by atoms with van der Waals surface area (Å²) in [5.74, 6) is -0.705. The summed E-state index contributed by atoms with van der Waals surface area (Å²) in [7, 11) is 0.